The van der Waals surface area contributed by atoms with Crippen LogP contribution in [-0.4, -0.2) is 50.6 Å². The van der Waals surface area contributed by atoms with E-state index in [0.29, 0.717) is 5.56 Å². The van der Waals surface area contributed by atoms with Crippen LogP contribution >= 0.6 is 0 Å². The zero-order valence-electron chi connectivity index (χ0n) is 24.6. The molecule has 1 amide bonds. The largest absolute Gasteiger partial charge is 0.387 e. The highest BCUT2D eigenvalue weighted by Crippen LogP contribution is 2.41. The summed E-state index contributed by atoms with van der Waals surface area (Å²) in [4.78, 5) is 29.6. The highest BCUT2D eigenvalue weighted by Gasteiger charge is 2.46. The maximum absolute atomic E-state index is 13.0. The third kappa shape index (κ3) is 6.07. The first-order chi connectivity index (χ1) is 21.9. The summed E-state index contributed by atoms with van der Waals surface area (Å²) in [6.07, 6.45) is -3.64. The van der Waals surface area contributed by atoms with E-state index in [9.17, 15) is 19.8 Å². The molecule has 1 saturated heterocycles. The molecule has 2 heterocycles. The van der Waals surface area contributed by atoms with Gasteiger partial charge in [0.2, 0.25) is 0 Å². The summed E-state index contributed by atoms with van der Waals surface area (Å²) in [7, 11) is 0. The molecule has 45 heavy (non-hydrogen) atoms. The normalized spacial score (nSPS) is 19.7. The van der Waals surface area contributed by atoms with E-state index in [-0.39, 0.29) is 12.4 Å². The van der Waals surface area contributed by atoms with Gasteiger partial charge in [0, 0.05) is 11.8 Å². The molecule has 1 aliphatic heterocycles. The molecule has 3 N–H and O–H groups in total. The van der Waals surface area contributed by atoms with Gasteiger partial charge in [0.15, 0.2) is 6.23 Å². The average Bonchev–Trinajstić information content (AvgIpc) is 3.35. The average molecular weight is 604 g/mol. The van der Waals surface area contributed by atoms with Crippen LogP contribution in [0.3, 0.4) is 0 Å². The number of carbonyl (C=O) groups is 1. The van der Waals surface area contributed by atoms with Crippen molar-refractivity contribution in [1.82, 2.24) is 9.55 Å². The number of aryl methyl sites for hydroxylation is 1. The first-order valence-electron chi connectivity index (χ1n) is 14.7. The number of hydrogen-bond donors (Lipinski definition) is 3. The molecule has 228 valence electrons. The Hall–Kier alpha value is -4.93. The molecule has 6 rings (SSSR count). The zero-order valence-corrected chi connectivity index (χ0v) is 24.6. The molecule has 0 bridgehead atoms. The quantitative estimate of drug-likeness (QED) is 0.213. The highest BCUT2D eigenvalue weighted by atomic mass is 16.6. The minimum Gasteiger partial charge on any atom is -0.387 e. The first kappa shape index (κ1) is 30.1. The molecule has 9 nitrogen and oxygen atoms in total. The number of amides is 1. The van der Waals surface area contributed by atoms with E-state index in [1.165, 1.54) is 12.3 Å². The molecule has 5 aromatic rings. The van der Waals surface area contributed by atoms with Crippen molar-refractivity contribution in [3.63, 3.8) is 0 Å². The molecule has 4 aromatic carbocycles. The summed E-state index contributed by atoms with van der Waals surface area (Å²) < 4.78 is 13.9. The van der Waals surface area contributed by atoms with Crippen molar-refractivity contribution in [2.24, 2.45) is 0 Å². The van der Waals surface area contributed by atoms with E-state index in [1.807, 2.05) is 110 Å². The van der Waals surface area contributed by atoms with Crippen molar-refractivity contribution >= 4 is 11.7 Å². The fraction of sp³-hybridized carbons (Fsp3) is 0.194. The van der Waals surface area contributed by atoms with Gasteiger partial charge in [-0.05, 0) is 41.8 Å². The van der Waals surface area contributed by atoms with Crippen LogP contribution in [0.2, 0.25) is 0 Å². The van der Waals surface area contributed by atoms with Crippen LogP contribution in [0.4, 0.5) is 5.82 Å². The number of rotatable bonds is 9. The van der Waals surface area contributed by atoms with Crippen LogP contribution in [0.5, 0.6) is 0 Å². The van der Waals surface area contributed by atoms with Crippen LogP contribution in [0.1, 0.15) is 38.8 Å². The monoisotopic (exact) mass is 603 g/mol. The second-order valence-electron chi connectivity index (χ2n) is 11.0. The number of anilines is 1. The predicted molar refractivity (Wildman–Crippen MR) is 169 cm³/mol. The van der Waals surface area contributed by atoms with E-state index < -0.39 is 41.7 Å². The number of nitrogens with one attached hydrogen (secondary N) is 1. The van der Waals surface area contributed by atoms with E-state index in [0.717, 1.165) is 26.8 Å². The zero-order chi connectivity index (χ0) is 31.4. The lowest BCUT2D eigenvalue weighted by Crippen LogP contribution is -2.39. The molecule has 0 aliphatic carbocycles. The van der Waals surface area contributed by atoms with Crippen LogP contribution in [-0.2, 0) is 15.1 Å². The molecule has 1 aliphatic rings. The molecule has 1 fully saturated rings. The second kappa shape index (κ2) is 13.0. The van der Waals surface area contributed by atoms with Gasteiger partial charge in [-0.1, -0.05) is 109 Å². The van der Waals surface area contributed by atoms with Crippen molar-refractivity contribution in [3.8, 4) is 0 Å². The van der Waals surface area contributed by atoms with E-state index >= 15 is 0 Å². The number of aliphatic hydroxyl groups excluding tert-OH is 2. The van der Waals surface area contributed by atoms with Crippen molar-refractivity contribution < 1.29 is 24.5 Å². The van der Waals surface area contributed by atoms with Gasteiger partial charge < -0.3 is 25.0 Å². The maximum atomic E-state index is 13.0. The van der Waals surface area contributed by atoms with Crippen LogP contribution in [0.25, 0.3) is 0 Å². The number of benzene rings is 4. The standard InChI is InChI=1S/C36H33N3O6/c1-24-17-19-25(20-18-24)33(42)37-30-21-22-39(35(43)38-30)34-32(41)31(40)29(45-34)23-44-36(26-11-5-2-6-12-26,27-13-7-3-8-14-27)28-15-9-4-10-16-28/h2-22,29,31-32,34,40-41H,23H2,1H3,(H,37,38,42,43). The van der Waals surface area contributed by atoms with Gasteiger partial charge in [0.05, 0.1) is 6.61 Å². The van der Waals surface area contributed by atoms with Gasteiger partial charge in [0.25, 0.3) is 5.91 Å². The van der Waals surface area contributed by atoms with Crippen molar-refractivity contribution in [2.45, 2.75) is 37.1 Å². The van der Waals surface area contributed by atoms with Crippen molar-refractivity contribution in [3.05, 3.63) is 166 Å². The highest BCUT2D eigenvalue weighted by molar-refractivity contribution is 6.03. The fourth-order valence-electron chi connectivity index (χ4n) is 5.64. The third-order valence-corrected chi connectivity index (χ3v) is 8.00. The lowest BCUT2D eigenvalue weighted by atomic mass is 9.80. The molecule has 4 atom stereocenters. The van der Waals surface area contributed by atoms with Gasteiger partial charge in [-0.2, -0.15) is 4.98 Å². The Bertz CT molecular complexity index is 1700. The third-order valence-electron chi connectivity index (χ3n) is 8.00. The predicted octanol–water partition coefficient (Wildman–Crippen LogP) is 4.43. The van der Waals surface area contributed by atoms with E-state index in [2.05, 4.69) is 10.3 Å². The number of aromatic nitrogens is 2. The minimum absolute atomic E-state index is 0.0492. The molecular weight excluding hydrogens is 570 g/mol. The van der Waals surface area contributed by atoms with Gasteiger partial charge in [-0.3, -0.25) is 9.36 Å². The van der Waals surface area contributed by atoms with Crippen LogP contribution in [0.15, 0.2) is 132 Å². The molecule has 0 spiro atoms. The van der Waals surface area contributed by atoms with Crippen LogP contribution in [0, 0.1) is 6.92 Å². The fourth-order valence-corrected chi connectivity index (χ4v) is 5.64. The van der Waals surface area contributed by atoms with Crippen molar-refractivity contribution in [1.29, 1.82) is 0 Å². The first-order valence-corrected chi connectivity index (χ1v) is 14.7. The van der Waals surface area contributed by atoms with E-state index in [1.54, 1.807) is 12.1 Å². The molecule has 0 radical (unpaired) electrons. The minimum atomic E-state index is -1.44. The summed E-state index contributed by atoms with van der Waals surface area (Å²) >= 11 is 0. The van der Waals surface area contributed by atoms with Crippen LogP contribution < -0.4 is 11.0 Å². The van der Waals surface area contributed by atoms with Gasteiger partial charge >= 0.3 is 5.69 Å². The lowest BCUT2D eigenvalue weighted by molar-refractivity contribution is -0.0958. The summed E-state index contributed by atoms with van der Waals surface area (Å²) in [5.74, 6) is -0.365. The number of carbonyl (C=O) groups excluding carboxylic acids is 1. The molecule has 0 saturated carbocycles. The Balaban J connectivity index is 1.25. The number of aliphatic hydroxyl groups is 2. The number of ether oxygens (including phenoxy) is 2. The number of nitrogens with zero attached hydrogens (tertiary/aromatic N) is 2. The smallest absolute Gasteiger partial charge is 0.351 e. The summed E-state index contributed by atoms with van der Waals surface area (Å²) in [5, 5.41) is 24.7. The summed E-state index contributed by atoms with van der Waals surface area (Å²) in [6.45, 7) is 1.81. The Morgan fingerprint density at radius 1 is 0.822 bits per heavy atom. The Labute approximate surface area is 260 Å². The van der Waals surface area contributed by atoms with E-state index in [4.69, 9.17) is 9.47 Å². The summed E-state index contributed by atoms with van der Waals surface area (Å²) in [6, 6.07) is 37.7. The lowest BCUT2D eigenvalue weighted by Gasteiger charge is -2.37. The number of hydrogen-bond acceptors (Lipinski definition) is 7. The molecular formula is C36H33N3O6. The van der Waals surface area contributed by atoms with Gasteiger partial charge in [0.1, 0.15) is 29.7 Å². The summed E-state index contributed by atoms with van der Waals surface area (Å²) in [5.41, 5.74) is 2.22. The Kier molecular flexibility index (Phi) is 8.68. The molecule has 1 aromatic heterocycles. The Morgan fingerprint density at radius 3 is 1.87 bits per heavy atom. The second-order valence-corrected chi connectivity index (χ2v) is 11.0. The van der Waals surface area contributed by atoms with Gasteiger partial charge in [-0.15, -0.1) is 0 Å². The van der Waals surface area contributed by atoms with Crippen molar-refractivity contribution in [2.75, 3.05) is 11.9 Å². The molecule has 9 heteroatoms. The SMILES string of the molecule is Cc1ccc(C(=O)Nc2ccn(C3OC(COC(c4ccccc4)(c4ccccc4)c4ccccc4)C(O)C3O)c(=O)n2)cc1. The maximum Gasteiger partial charge on any atom is 0.351 e. The molecule has 4 unspecified atom stereocenters. The van der Waals surface area contributed by atoms with Gasteiger partial charge in [-0.25, -0.2) is 4.79 Å². The topological polar surface area (TPSA) is 123 Å². The Morgan fingerprint density at radius 2 is 1.36 bits per heavy atom.